The van der Waals surface area contributed by atoms with Gasteiger partial charge in [-0.05, 0) is 36.8 Å². The van der Waals surface area contributed by atoms with Crippen LogP contribution < -0.4 is 0 Å². The molecule has 0 radical (unpaired) electrons. The van der Waals surface area contributed by atoms with E-state index in [4.69, 9.17) is 9.47 Å². The summed E-state index contributed by atoms with van der Waals surface area (Å²) in [6.07, 6.45) is 7.44. The Balaban J connectivity index is 1.25. The molecule has 4 nitrogen and oxygen atoms in total. The van der Waals surface area contributed by atoms with Crippen LogP contribution in [-0.4, -0.2) is 48.8 Å². The van der Waals surface area contributed by atoms with E-state index >= 15 is 0 Å². The molecular formula is C21H28FNO3. The summed E-state index contributed by atoms with van der Waals surface area (Å²) >= 11 is 0. The van der Waals surface area contributed by atoms with Gasteiger partial charge in [-0.1, -0.05) is 31.0 Å². The molecule has 1 aromatic carbocycles. The number of rotatable bonds is 5. The highest BCUT2D eigenvalue weighted by molar-refractivity contribution is 5.80. The number of carbonyl (C=O) groups excluding carboxylic acids is 1. The maximum absolute atomic E-state index is 13.7. The predicted octanol–water partition coefficient (Wildman–Crippen LogP) is 3.34. The molecule has 0 aromatic heterocycles. The molecule has 1 aromatic rings. The van der Waals surface area contributed by atoms with Crippen LogP contribution in [0.1, 0.15) is 44.1 Å². The summed E-state index contributed by atoms with van der Waals surface area (Å²) in [6.45, 7) is 2.77. The van der Waals surface area contributed by atoms with E-state index < -0.39 is 0 Å². The van der Waals surface area contributed by atoms with Gasteiger partial charge in [-0.25, -0.2) is 4.39 Å². The quantitative estimate of drug-likeness (QED) is 0.807. The second kappa shape index (κ2) is 7.65. The van der Waals surface area contributed by atoms with Crippen molar-refractivity contribution in [3.63, 3.8) is 0 Å². The highest BCUT2D eigenvalue weighted by Crippen LogP contribution is 2.36. The molecule has 26 heavy (non-hydrogen) atoms. The minimum atomic E-state index is -0.314. The SMILES string of the molecule is O=C(Cc1ccccc1F)N1CC2(C[C@@H](OCC3CCCC3)CCO2)C1. The first kappa shape index (κ1) is 17.9. The molecule has 1 spiro atoms. The standard InChI is InChI=1S/C21H28FNO3/c22-19-8-4-3-7-17(19)11-20(24)23-14-21(15-23)12-18(9-10-26-21)25-13-16-5-1-2-6-16/h3-4,7-8,16,18H,1-2,5-6,9-15H2/t18-/m0/s1. The molecule has 0 N–H and O–H groups in total. The van der Waals surface area contributed by atoms with Gasteiger partial charge in [-0.15, -0.1) is 0 Å². The molecule has 1 aliphatic carbocycles. The van der Waals surface area contributed by atoms with Gasteiger partial charge in [0.1, 0.15) is 11.4 Å². The number of carbonyl (C=O) groups is 1. The highest BCUT2D eigenvalue weighted by Gasteiger charge is 2.49. The number of likely N-dealkylation sites (tertiary alicyclic amines) is 1. The van der Waals surface area contributed by atoms with Gasteiger partial charge in [0.05, 0.1) is 25.6 Å². The number of hydrogen-bond acceptors (Lipinski definition) is 3. The lowest BCUT2D eigenvalue weighted by molar-refractivity contribution is -0.202. The average molecular weight is 361 g/mol. The van der Waals surface area contributed by atoms with Crippen LogP contribution in [0.2, 0.25) is 0 Å². The Kier molecular flexibility index (Phi) is 5.28. The summed E-state index contributed by atoms with van der Waals surface area (Å²) in [7, 11) is 0. The van der Waals surface area contributed by atoms with Crippen molar-refractivity contribution in [2.45, 2.75) is 56.7 Å². The molecular weight excluding hydrogens is 333 g/mol. The van der Waals surface area contributed by atoms with Gasteiger partial charge in [0, 0.05) is 19.6 Å². The molecule has 5 heteroatoms. The Morgan fingerprint density at radius 3 is 2.77 bits per heavy atom. The molecule has 2 saturated heterocycles. The van der Waals surface area contributed by atoms with Crippen LogP contribution in [0.15, 0.2) is 24.3 Å². The van der Waals surface area contributed by atoms with E-state index in [1.807, 2.05) is 0 Å². The topological polar surface area (TPSA) is 38.8 Å². The van der Waals surface area contributed by atoms with Crippen molar-refractivity contribution in [1.29, 1.82) is 0 Å². The van der Waals surface area contributed by atoms with Crippen LogP contribution in [0.5, 0.6) is 0 Å². The smallest absolute Gasteiger partial charge is 0.227 e. The minimum Gasteiger partial charge on any atom is -0.378 e. The zero-order chi connectivity index (χ0) is 18.0. The maximum atomic E-state index is 13.7. The lowest BCUT2D eigenvalue weighted by Crippen LogP contribution is -2.67. The maximum Gasteiger partial charge on any atom is 0.227 e. The normalized spacial score (nSPS) is 25.4. The Morgan fingerprint density at radius 2 is 2.00 bits per heavy atom. The number of halogens is 1. The van der Waals surface area contributed by atoms with Crippen LogP contribution in [-0.2, 0) is 20.7 Å². The van der Waals surface area contributed by atoms with Crippen molar-refractivity contribution >= 4 is 5.91 Å². The molecule has 3 fully saturated rings. The van der Waals surface area contributed by atoms with Crippen LogP contribution in [0.3, 0.4) is 0 Å². The monoisotopic (exact) mass is 361 g/mol. The molecule has 2 heterocycles. The van der Waals surface area contributed by atoms with Gasteiger partial charge >= 0.3 is 0 Å². The summed E-state index contributed by atoms with van der Waals surface area (Å²) in [5, 5.41) is 0. The second-order valence-corrected chi connectivity index (χ2v) is 8.15. The van der Waals surface area contributed by atoms with Crippen LogP contribution >= 0.6 is 0 Å². The predicted molar refractivity (Wildman–Crippen MR) is 96.3 cm³/mol. The molecule has 0 unspecified atom stereocenters. The van der Waals surface area contributed by atoms with Crippen molar-refractivity contribution in [1.82, 2.24) is 4.90 Å². The third kappa shape index (κ3) is 3.94. The number of benzene rings is 1. The van der Waals surface area contributed by atoms with Gasteiger partial charge in [0.25, 0.3) is 0 Å². The summed E-state index contributed by atoms with van der Waals surface area (Å²) in [5.41, 5.74) is 0.213. The average Bonchev–Trinajstić information content (AvgIpc) is 3.13. The Bertz CT molecular complexity index is 638. The third-order valence-electron chi connectivity index (χ3n) is 6.10. The van der Waals surface area contributed by atoms with Gasteiger partial charge in [-0.2, -0.15) is 0 Å². The first-order chi connectivity index (χ1) is 12.6. The van der Waals surface area contributed by atoms with Crippen molar-refractivity contribution in [3.8, 4) is 0 Å². The second-order valence-electron chi connectivity index (χ2n) is 8.15. The minimum absolute atomic E-state index is 0.0293. The van der Waals surface area contributed by atoms with Crippen LogP contribution in [0.4, 0.5) is 4.39 Å². The van der Waals surface area contributed by atoms with Crippen molar-refractivity contribution in [2.75, 3.05) is 26.3 Å². The van der Waals surface area contributed by atoms with Gasteiger partial charge in [-0.3, -0.25) is 4.79 Å². The highest BCUT2D eigenvalue weighted by atomic mass is 19.1. The van der Waals surface area contributed by atoms with Crippen molar-refractivity contribution in [2.24, 2.45) is 5.92 Å². The van der Waals surface area contributed by atoms with Crippen LogP contribution in [0.25, 0.3) is 0 Å². The molecule has 3 aliphatic rings. The largest absolute Gasteiger partial charge is 0.378 e. The van der Waals surface area contributed by atoms with E-state index in [1.54, 1.807) is 23.1 Å². The van der Waals surface area contributed by atoms with E-state index in [-0.39, 0.29) is 29.9 Å². The summed E-state index contributed by atoms with van der Waals surface area (Å²) in [6, 6.07) is 6.48. The van der Waals surface area contributed by atoms with E-state index in [0.29, 0.717) is 25.3 Å². The molecule has 142 valence electrons. The summed E-state index contributed by atoms with van der Waals surface area (Å²) < 4.78 is 25.9. The van der Waals surface area contributed by atoms with Crippen molar-refractivity contribution in [3.05, 3.63) is 35.6 Å². The molecule has 4 rings (SSSR count). The number of amides is 1. The first-order valence-electron chi connectivity index (χ1n) is 9.90. The summed E-state index contributed by atoms with van der Waals surface area (Å²) in [5.74, 6) is 0.387. The molecule has 1 amide bonds. The molecule has 2 aliphatic heterocycles. The lowest BCUT2D eigenvalue weighted by atomic mass is 9.84. The van der Waals surface area contributed by atoms with Gasteiger partial charge < -0.3 is 14.4 Å². The Morgan fingerprint density at radius 1 is 1.23 bits per heavy atom. The van der Waals surface area contributed by atoms with E-state index in [9.17, 15) is 9.18 Å². The van der Waals surface area contributed by atoms with Crippen molar-refractivity contribution < 1.29 is 18.7 Å². The Hall–Kier alpha value is -1.46. The lowest BCUT2D eigenvalue weighted by Gasteiger charge is -2.53. The molecule has 0 bridgehead atoms. The Labute approximate surface area is 154 Å². The van der Waals surface area contributed by atoms with Crippen LogP contribution in [0, 0.1) is 11.7 Å². The molecule has 1 atom stereocenters. The number of hydrogen-bond donors (Lipinski definition) is 0. The fourth-order valence-corrected chi connectivity index (χ4v) is 4.54. The fourth-order valence-electron chi connectivity index (χ4n) is 4.54. The first-order valence-corrected chi connectivity index (χ1v) is 9.90. The zero-order valence-corrected chi connectivity index (χ0v) is 15.3. The summed E-state index contributed by atoms with van der Waals surface area (Å²) in [4.78, 5) is 14.2. The van der Waals surface area contributed by atoms with E-state index in [2.05, 4.69) is 0 Å². The fraction of sp³-hybridized carbons (Fsp3) is 0.667. The number of nitrogens with zero attached hydrogens (tertiary/aromatic N) is 1. The van der Waals surface area contributed by atoms with E-state index in [0.717, 1.165) is 25.4 Å². The molecule has 1 saturated carbocycles. The number of ether oxygens (including phenoxy) is 2. The van der Waals surface area contributed by atoms with Gasteiger partial charge in [0.2, 0.25) is 5.91 Å². The third-order valence-corrected chi connectivity index (χ3v) is 6.10. The zero-order valence-electron chi connectivity index (χ0n) is 15.3. The van der Waals surface area contributed by atoms with Gasteiger partial charge in [0.15, 0.2) is 0 Å². The van der Waals surface area contributed by atoms with E-state index in [1.165, 1.54) is 31.7 Å².